The molecule has 0 radical (unpaired) electrons. The van der Waals surface area contributed by atoms with Gasteiger partial charge in [-0.3, -0.25) is 9.69 Å². The van der Waals surface area contributed by atoms with Gasteiger partial charge in [0.2, 0.25) is 0 Å². The zero-order valence-corrected chi connectivity index (χ0v) is 26.1. The molecule has 0 saturated carbocycles. The minimum atomic E-state index is -4.49. The molecule has 0 saturated heterocycles. The van der Waals surface area contributed by atoms with E-state index in [4.69, 9.17) is 24.8 Å². The number of aliphatic hydroxyl groups is 5. The highest BCUT2D eigenvalue weighted by Crippen LogP contribution is 2.36. The topological polar surface area (TPSA) is 184 Å². The number of amides is 1. The number of nitrogens with one attached hydrogen (secondary N) is 1. The maximum absolute atomic E-state index is 12.9. The van der Waals surface area contributed by atoms with Crippen molar-refractivity contribution in [3.8, 4) is 11.1 Å². The van der Waals surface area contributed by atoms with Crippen molar-refractivity contribution < 1.29 is 57.8 Å². The number of nitrogens with zero attached hydrogens (tertiary/aromatic N) is 1. The van der Waals surface area contributed by atoms with Crippen molar-refractivity contribution in [2.75, 3.05) is 25.1 Å². The molecule has 4 atom stereocenters. The third-order valence-corrected chi connectivity index (χ3v) is 7.68. The van der Waals surface area contributed by atoms with Gasteiger partial charge in [-0.15, -0.1) is 0 Å². The molecule has 0 bridgehead atoms. The summed E-state index contributed by atoms with van der Waals surface area (Å²) in [6, 6.07) is 24.4. The standard InChI is InChI=1S/C28H18F3NO4.C7H17NO5/c29-28(30,31)19-12-8-17(9-13-19)16-32(26(33)27(34)35)20-14-10-18(11-15-20)21-5-3-6-23-22-4-1-2-7-24(22)36-25(21)23;1-8-2-4(10)6(12)7(13)5(11)3-9/h1-15H,16H2,(H,34,35);4-13H,2-3H2,1H3/t;4-,5+,6+,7+/m.0/s1. The van der Waals surface area contributed by atoms with Gasteiger partial charge in [0.05, 0.1) is 24.8 Å². The molecule has 7 N–H and O–H groups in total. The van der Waals surface area contributed by atoms with Crippen molar-refractivity contribution in [1.29, 1.82) is 0 Å². The maximum Gasteiger partial charge on any atom is 0.416 e. The molecular formula is C35H35F3N2O9. The first-order valence-electron chi connectivity index (χ1n) is 15.0. The Kier molecular flexibility index (Phi) is 12.1. The normalized spacial score (nSPS) is 14.1. The smallest absolute Gasteiger partial charge is 0.416 e. The first kappa shape index (κ1) is 37.0. The lowest BCUT2D eigenvalue weighted by atomic mass is 10.0. The number of aliphatic hydroxyl groups excluding tert-OH is 5. The number of hydrogen-bond donors (Lipinski definition) is 7. The fraction of sp³-hybridized carbons (Fsp3) is 0.257. The highest BCUT2D eigenvalue weighted by Gasteiger charge is 2.31. The molecule has 49 heavy (non-hydrogen) atoms. The number of halogens is 3. The van der Waals surface area contributed by atoms with Gasteiger partial charge in [-0.1, -0.05) is 60.7 Å². The number of furan rings is 1. The number of alkyl halides is 3. The van der Waals surface area contributed by atoms with Gasteiger partial charge in [0, 0.05) is 28.6 Å². The molecule has 0 unspecified atom stereocenters. The van der Waals surface area contributed by atoms with E-state index in [2.05, 4.69) is 5.32 Å². The van der Waals surface area contributed by atoms with Crippen molar-refractivity contribution in [3.63, 3.8) is 0 Å². The van der Waals surface area contributed by atoms with Crippen LogP contribution in [0.2, 0.25) is 0 Å². The Morgan fingerprint density at radius 2 is 1.43 bits per heavy atom. The number of carboxylic acid groups (broad SMARTS) is 1. The second kappa shape index (κ2) is 16.0. The quantitative estimate of drug-likeness (QED) is 0.107. The highest BCUT2D eigenvalue weighted by molar-refractivity contribution is 6.37. The molecule has 5 rings (SSSR count). The first-order chi connectivity index (χ1) is 23.3. The van der Waals surface area contributed by atoms with Crippen LogP contribution >= 0.6 is 0 Å². The van der Waals surface area contributed by atoms with Crippen LogP contribution in [0.4, 0.5) is 18.9 Å². The van der Waals surface area contributed by atoms with Crippen LogP contribution in [0.3, 0.4) is 0 Å². The van der Waals surface area contributed by atoms with E-state index < -0.39 is 54.6 Å². The largest absolute Gasteiger partial charge is 0.474 e. The molecular weight excluding hydrogens is 649 g/mol. The summed E-state index contributed by atoms with van der Waals surface area (Å²) in [4.78, 5) is 24.9. The lowest BCUT2D eigenvalue weighted by molar-refractivity contribution is -0.148. The van der Waals surface area contributed by atoms with E-state index in [-0.39, 0.29) is 13.1 Å². The monoisotopic (exact) mass is 684 g/mol. The van der Waals surface area contributed by atoms with E-state index in [1.54, 1.807) is 31.3 Å². The van der Waals surface area contributed by atoms with Crippen LogP contribution in [0, 0.1) is 0 Å². The van der Waals surface area contributed by atoms with Gasteiger partial charge in [-0.2, -0.15) is 13.2 Å². The molecule has 0 aliphatic rings. The van der Waals surface area contributed by atoms with Crippen LogP contribution in [0.15, 0.2) is 95.4 Å². The molecule has 4 aromatic carbocycles. The minimum Gasteiger partial charge on any atom is -0.474 e. The molecule has 11 nitrogen and oxygen atoms in total. The lowest BCUT2D eigenvalue weighted by Gasteiger charge is -2.25. The van der Waals surface area contributed by atoms with E-state index in [1.807, 2.05) is 42.5 Å². The first-order valence-corrected chi connectivity index (χ1v) is 15.0. The van der Waals surface area contributed by atoms with Gasteiger partial charge >= 0.3 is 18.1 Å². The second-order valence-electron chi connectivity index (χ2n) is 11.1. The summed E-state index contributed by atoms with van der Waals surface area (Å²) in [6.07, 6.45) is -10.1. The summed E-state index contributed by atoms with van der Waals surface area (Å²) < 4.78 is 44.7. The summed E-state index contributed by atoms with van der Waals surface area (Å²) >= 11 is 0. The van der Waals surface area contributed by atoms with E-state index >= 15 is 0 Å². The summed E-state index contributed by atoms with van der Waals surface area (Å²) in [5.74, 6) is -2.86. The van der Waals surface area contributed by atoms with Crippen LogP contribution in [0.25, 0.3) is 33.1 Å². The Hall–Kier alpha value is -4.83. The van der Waals surface area contributed by atoms with E-state index in [1.165, 1.54) is 12.1 Å². The zero-order chi connectivity index (χ0) is 35.9. The minimum absolute atomic E-state index is 0.0936. The second-order valence-corrected chi connectivity index (χ2v) is 11.1. The van der Waals surface area contributed by atoms with Crippen molar-refractivity contribution >= 4 is 39.5 Å². The van der Waals surface area contributed by atoms with Crippen molar-refractivity contribution in [2.45, 2.75) is 37.1 Å². The molecule has 1 aromatic heterocycles. The van der Waals surface area contributed by atoms with Gasteiger partial charge in [0.25, 0.3) is 0 Å². The summed E-state index contributed by atoms with van der Waals surface area (Å²) in [7, 11) is 1.57. The fourth-order valence-electron chi connectivity index (χ4n) is 5.07. The number of carbonyl (C=O) groups is 2. The number of carbonyl (C=O) groups excluding carboxylic acids is 1. The molecule has 0 fully saturated rings. The highest BCUT2D eigenvalue weighted by atomic mass is 19.4. The molecule has 14 heteroatoms. The maximum atomic E-state index is 12.9. The Bertz CT molecular complexity index is 1860. The van der Waals surface area contributed by atoms with Gasteiger partial charge < -0.3 is 40.4 Å². The van der Waals surface area contributed by atoms with Crippen molar-refractivity contribution in [2.24, 2.45) is 0 Å². The number of fused-ring (bicyclic) bond motifs is 3. The Morgan fingerprint density at radius 3 is 2.02 bits per heavy atom. The summed E-state index contributed by atoms with van der Waals surface area (Å²) in [5, 5.41) is 58.7. The van der Waals surface area contributed by atoms with Crippen LogP contribution in [0.5, 0.6) is 0 Å². The summed E-state index contributed by atoms with van der Waals surface area (Å²) in [5.41, 5.74) is 2.90. The molecule has 0 aliphatic heterocycles. The van der Waals surface area contributed by atoms with Crippen LogP contribution < -0.4 is 10.2 Å². The number of para-hydroxylation sites is 2. The van der Waals surface area contributed by atoms with E-state index in [0.29, 0.717) is 16.8 Å². The number of benzene rings is 4. The van der Waals surface area contributed by atoms with Crippen LogP contribution in [-0.2, 0) is 22.3 Å². The van der Waals surface area contributed by atoms with Gasteiger partial charge in [0.1, 0.15) is 29.5 Å². The SMILES string of the molecule is CNC[C@H](O)[C@@H](O)[C@H](O)[C@H](O)CO.O=C(O)C(=O)N(Cc1ccc(C(F)(F)F)cc1)c1ccc(-c2cccc3c2oc2ccccc23)cc1. The Morgan fingerprint density at radius 1 is 0.816 bits per heavy atom. The molecule has 260 valence electrons. The average molecular weight is 685 g/mol. The molecule has 0 spiro atoms. The number of rotatable bonds is 10. The lowest BCUT2D eigenvalue weighted by Crippen LogP contribution is -2.48. The van der Waals surface area contributed by atoms with Crippen LogP contribution in [-0.4, -0.2) is 87.1 Å². The summed E-state index contributed by atoms with van der Waals surface area (Å²) in [6.45, 7) is -0.775. The van der Waals surface area contributed by atoms with E-state index in [0.717, 1.165) is 44.5 Å². The van der Waals surface area contributed by atoms with Crippen molar-refractivity contribution in [3.05, 3.63) is 102 Å². The average Bonchev–Trinajstić information content (AvgIpc) is 3.48. The molecule has 0 aliphatic carbocycles. The van der Waals surface area contributed by atoms with Crippen LogP contribution in [0.1, 0.15) is 11.1 Å². The van der Waals surface area contributed by atoms with Gasteiger partial charge in [-0.25, -0.2) is 4.79 Å². The number of hydrogen-bond acceptors (Lipinski definition) is 9. The predicted octanol–water partition coefficient (Wildman–Crippen LogP) is 3.53. The number of aliphatic carboxylic acids is 1. The van der Waals surface area contributed by atoms with Gasteiger partial charge in [-0.05, 0) is 48.5 Å². The molecule has 1 heterocycles. The predicted molar refractivity (Wildman–Crippen MR) is 174 cm³/mol. The number of carboxylic acids is 1. The fourth-order valence-corrected chi connectivity index (χ4v) is 5.07. The zero-order valence-electron chi connectivity index (χ0n) is 26.1. The van der Waals surface area contributed by atoms with E-state index in [9.17, 15) is 33.0 Å². The molecule has 1 amide bonds. The Balaban J connectivity index is 0.000000355. The number of likely N-dealkylation sites (N-methyl/N-ethyl adjacent to an activating group) is 1. The Labute approximate surface area is 278 Å². The van der Waals surface area contributed by atoms with Gasteiger partial charge in [0.15, 0.2) is 0 Å². The molecule has 5 aromatic rings. The van der Waals surface area contributed by atoms with Crippen molar-refractivity contribution in [1.82, 2.24) is 5.32 Å². The third kappa shape index (κ3) is 8.80. The number of anilines is 1. The third-order valence-electron chi connectivity index (χ3n) is 7.68.